The van der Waals surface area contributed by atoms with E-state index in [-0.39, 0.29) is 31.0 Å². The van der Waals surface area contributed by atoms with Gasteiger partial charge in [0.2, 0.25) is 5.91 Å². The van der Waals surface area contributed by atoms with Gasteiger partial charge in [-0.2, -0.15) is 0 Å². The molecule has 0 aromatic rings. The molecule has 0 aromatic carbocycles. The summed E-state index contributed by atoms with van der Waals surface area (Å²) in [7, 11) is -3.73. The van der Waals surface area contributed by atoms with Crippen LogP contribution in [0, 0.1) is 0 Å². The number of carbonyl (C=O) groups is 5. The topological polar surface area (TPSA) is 187 Å². The number of imide groups is 1. The molecule has 1 aliphatic rings. The van der Waals surface area contributed by atoms with Crippen LogP contribution in [-0.4, -0.2) is 79.8 Å². The molecular weight excluding hydrogens is 452 g/mol. The van der Waals surface area contributed by atoms with Gasteiger partial charge in [-0.05, 0) is 27.7 Å². The first-order valence-corrected chi connectivity index (χ1v) is 11.4. The summed E-state index contributed by atoms with van der Waals surface area (Å²) in [5, 5.41) is 2.63. The van der Waals surface area contributed by atoms with E-state index in [2.05, 4.69) is 21.0 Å². The van der Waals surface area contributed by atoms with Gasteiger partial charge in [0.1, 0.15) is 11.7 Å². The molecule has 0 aromatic heterocycles. The van der Waals surface area contributed by atoms with Crippen molar-refractivity contribution in [3.63, 3.8) is 0 Å². The molecular formula is C17H28N4O10S. The second-order valence-corrected chi connectivity index (χ2v) is 10.0. The molecule has 0 radical (unpaired) electrons. The second-order valence-electron chi connectivity index (χ2n) is 7.80. The molecule has 14 nitrogen and oxygen atoms in total. The number of ether oxygens (including phenoxy) is 2. The van der Waals surface area contributed by atoms with Crippen molar-refractivity contribution < 1.29 is 46.7 Å². The predicted octanol–water partition coefficient (Wildman–Crippen LogP) is -0.848. The van der Waals surface area contributed by atoms with Gasteiger partial charge in [0.05, 0.1) is 18.1 Å². The fraction of sp³-hybridized carbons (Fsp3) is 0.706. The van der Waals surface area contributed by atoms with Gasteiger partial charge in [-0.1, -0.05) is 5.06 Å². The van der Waals surface area contributed by atoms with Crippen molar-refractivity contribution in [3.8, 4) is 0 Å². The number of hydrogen-bond donors (Lipinski definition) is 3. The summed E-state index contributed by atoms with van der Waals surface area (Å²) in [6.45, 7) is 5.76. The maximum atomic E-state index is 12.1. The van der Waals surface area contributed by atoms with Crippen LogP contribution >= 0.6 is 0 Å². The van der Waals surface area contributed by atoms with Crippen LogP contribution in [0.3, 0.4) is 0 Å². The predicted molar refractivity (Wildman–Crippen MR) is 107 cm³/mol. The van der Waals surface area contributed by atoms with Crippen LogP contribution in [0.15, 0.2) is 0 Å². The van der Waals surface area contributed by atoms with Gasteiger partial charge in [0.15, 0.2) is 9.84 Å². The van der Waals surface area contributed by atoms with Gasteiger partial charge >= 0.3 is 12.2 Å². The Kier molecular flexibility index (Phi) is 9.83. The highest BCUT2D eigenvalue weighted by Crippen LogP contribution is 2.13. The van der Waals surface area contributed by atoms with Crippen LogP contribution in [0.25, 0.3) is 0 Å². The highest BCUT2D eigenvalue weighted by molar-refractivity contribution is 7.91. The van der Waals surface area contributed by atoms with Crippen LogP contribution in [0.2, 0.25) is 0 Å². The van der Waals surface area contributed by atoms with E-state index >= 15 is 0 Å². The Morgan fingerprint density at radius 2 is 1.72 bits per heavy atom. The van der Waals surface area contributed by atoms with Crippen LogP contribution in [0.5, 0.6) is 0 Å². The van der Waals surface area contributed by atoms with E-state index in [0.29, 0.717) is 0 Å². The Hall–Kier alpha value is -2.94. The third kappa shape index (κ3) is 10.9. The number of carbonyl (C=O) groups excluding carboxylic acids is 5. The van der Waals surface area contributed by atoms with E-state index < -0.39 is 63.0 Å². The molecule has 4 amide bonds. The van der Waals surface area contributed by atoms with E-state index in [1.807, 2.05) is 0 Å². The molecule has 15 heteroatoms. The zero-order chi connectivity index (χ0) is 24.5. The Morgan fingerprint density at radius 1 is 1.12 bits per heavy atom. The minimum Gasteiger partial charge on any atom is -0.443 e. The lowest BCUT2D eigenvalue weighted by Crippen LogP contribution is -2.46. The molecule has 1 atom stereocenters. The molecule has 3 N–H and O–H groups in total. The number of nitrogens with one attached hydrogen (secondary N) is 3. The van der Waals surface area contributed by atoms with Gasteiger partial charge in [-0.15, -0.1) is 0 Å². The monoisotopic (exact) mass is 480 g/mol. The van der Waals surface area contributed by atoms with Crippen LogP contribution in [-0.2, 0) is 38.5 Å². The summed E-state index contributed by atoms with van der Waals surface area (Å²) >= 11 is 0. The minimum absolute atomic E-state index is 0.0889. The fourth-order valence-corrected chi connectivity index (χ4v) is 3.66. The van der Waals surface area contributed by atoms with Crippen molar-refractivity contribution >= 4 is 39.8 Å². The number of hydrazine groups is 1. The van der Waals surface area contributed by atoms with Crippen molar-refractivity contribution in [1.82, 2.24) is 21.2 Å². The smallest absolute Gasteiger partial charge is 0.443 e. The van der Waals surface area contributed by atoms with Gasteiger partial charge in [-0.3, -0.25) is 24.6 Å². The van der Waals surface area contributed by atoms with Crippen molar-refractivity contribution in [2.45, 2.75) is 52.2 Å². The van der Waals surface area contributed by atoms with Gasteiger partial charge in [-0.25, -0.2) is 23.4 Å². The summed E-state index contributed by atoms with van der Waals surface area (Å²) in [4.78, 5) is 61.9. The van der Waals surface area contributed by atoms with Gasteiger partial charge < -0.3 is 14.8 Å². The number of hydroxylamine groups is 2. The molecule has 182 valence electrons. The SMILES string of the molecule is CC(CS(=O)(=O)CCNC(=O)CNNC(=O)OC(C)(C)C)OC(=O)ON1C(=O)CCC1=O. The molecule has 0 spiro atoms. The summed E-state index contributed by atoms with van der Waals surface area (Å²) in [6, 6.07) is 0. The lowest BCUT2D eigenvalue weighted by molar-refractivity contribution is -0.178. The lowest BCUT2D eigenvalue weighted by Gasteiger charge is -2.19. The van der Waals surface area contributed by atoms with E-state index in [1.165, 1.54) is 6.92 Å². The lowest BCUT2D eigenvalue weighted by atomic mass is 10.2. The van der Waals surface area contributed by atoms with Gasteiger partial charge in [0.25, 0.3) is 11.8 Å². The number of amides is 4. The standard InChI is InChI=1S/C17H28N4O10S/c1-11(29-16(26)31-21-13(23)5-6-14(21)24)10-32(27,28)8-7-18-12(22)9-19-20-15(25)30-17(2,3)4/h11,19H,5-10H2,1-4H3,(H,18,22)(H,20,25). The normalized spacial score (nSPS) is 15.2. The number of rotatable bonds is 10. The van der Waals surface area contributed by atoms with E-state index in [9.17, 15) is 32.4 Å². The largest absolute Gasteiger partial charge is 0.534 e. The van der Waals surface area contributed by atoms with E-state index in [0.717, 1.165) is 0 Å². The van der Waals surface area contributed by atoms with Crippen LogP contribution in [0.1, 0.15) is 40.5 Å². The van der Waals surface area contributed by atoms with Crippen molar-refractivity contribution in [2.75, 3.05) is 24.6 Å². The molecule has 1 unspecified atom stereocenters. The average molecular weight is 480 g/mol. The van der Waals surface area contributed by atoms with E-state index in [1.54, 1.807) is 20.8 Å². The Bertz CT molecular complexity index is 821. The molecule has 0 aliphatic carbocycles. The molecule has 1 fully saturated rings. The molecule has 1 heterocycles. The molecule has 0 bridgehead atoms. The third-order valence-corrected chi connectivity index (χ3v) is 5.33. The number of nitrogens with zero attached hydrogens (tertiary/aromatic N) is 1. The average Bonchev–Trinajstić information content (AvgIpc) is 2.91. The Balaban J connectivity index is 2.27. The molecule has 32 heavy (non-hydrogen) atoms. The maximum Gasteiger partial charge on any atom is 0.534 e. The zero-order valence-electron chi connectivity index (χ0n) is 18.3. The first-order valence-electron chi connectivity index (χ1n) is 9.62. The maximum absolute atomic E-state index is 12.1. The quantitative estimate of drug-likeness (QED) is 0.201. The van der Waals surface area contributed by atoms with Crippen LogP contribution in [0.4, 0.5) is 9.59 Å². The van der Waals surface area contributed by atoms with Crippen molar-refractivity contribution in [1.29, 1.82) is 0 Å². The molecule has 0 saturated carbocycles. The Morgan fingerprint density at radius 3 is 2.28 bits per heavy atom. The highest BCUT2D eigenvalue weighted by atomic mass is 32.2. The Labute approximate surface area is 185 Å². The van der Waals surface area contributed by atoms with E-state index in [4.69, 9.17) is 9.47 Å². The summed E-state index contributed by atoms with van der Waals surface area (Å²) in [5.74, 6) is -2.98. The molecule has 1 saturated heterocycles. The number of sulfone groups is 1. The molecule has 1 aliphatic heterocycles. The minimum atomic E-state index is -3.73. The fourth-order valence-electron chi connectivity index (χ4n) is 2.30. The molecule has 1 rings (SSSR count). The summed E-state index contributed by atoms with van der Waals surface area (Å²) < 4.78 is 33.9. The first-order chi connectivity index (χ1) is 14.7. The first kappa shape index (κ1) is 27.1. The second kappa shape index (κ2) is 11.6. The van der Waals surface area contributed by atoms with Crippen molar-refractivity contribution in [3.05, 3.63) is 0 Å². The summed E-state index contributed by atoms with van der Waals surface area (Å²) in [6.07, 6.45) is -3.47. The van der Waals surface area contributed by atoms with Crippen LogP contribution < -0.4 is 16.2 Å². The zero-order valence-corrected chi connectivity index (χ0v) is 19.1. The number of hydrogen-bond acceptors (Lipinski definition) is 11. The van der Waals surface area contributed by atoms with Crippen molar-refractivity contribution in [2.24, 2.45) is 0 Å². The van der Waals surface area contributed by atoms with Gasteiger partial charge in [0, 0.05) is 19.4 Å². The highest BCUT2D eigenvalue weighted by Gasteiger charge is 2.34. The summed E-state index contributed by atoms with van der Waals surface area (Å²) in [5.41, 5.74) is 3.79. The third-order valence-electron chi connectivity index (χ3n) is 3.53.